The van der Waals surface area contributed by atoms with Crippen LogP contribution in [0.4, 0.5) is 0 Å². The van der Waals surface area contributed by atoms with Crippen molar-refractivity contribution in [1.29, 1.82) is 0 Å². The molecule has 6 heteroatoms. The number of nitrogens with zero attached hydrogens (tertiary/aromatic N) is 1. The maximum absolute atomic E-state index is 13.0. The fraction of sp³-hybridized carbons (Fsp3) is 0.160. The van der Waals surface area contributed by atoms with Crippen molar-refractivity contribution in [3.63, 3.8) is 0 Å². The second-order valence-electron chi connectivity index (χ2n) is 7.70. The number of pyridine rings is 2. The molecule has 1 amide bonds. The molecule has 0 unspecified atom stereocenters. The van der Waals surface area contributed by atoms with E-state index in [1.165, 1.54) is 17.3 Å². The first-order valence-corrected chi connectivity index (χ1v) is 10.4. The second kappa shape index (κ2) is 8.16. The summed E-state index contributed by atoms with van der Waals surface area (Å²) in [7, 11) is 0. The van der Waals surface area contributed by atoms with Crippen LogP contribution in [0, 0.1) is 0 Å². The maximum Gasteiger partial charge on any atom is 0.257 e. The number of nitrogens with one attached hydrogen (secondary N) is 3. The Morgan fingerprint density at radius 3 is 2.77 bits per heavy atom. The molecule has 154 valence electrons. The van der Waals surface area contributed by atoms with Crippen molar-refractivity contribution in [3.05, 3.63) is 99.3 Å². The van der Waals surface area contributed by atoms with Crippen molar-refractivity contribution in [2.75, 3.05) is 6.54 Å². The van der Waals surface area contributed by atoms with Gasteiger partial charge >= 0.3 is 0 Å². The van der Waals surface area contributed by atoms with Gasteiger partial charge in [0.25, 0.3) is 5.91 Å². The van der Waals surface area contributed by atoms with Gasteiger partial charge in [-0.15, -0.1) is 0 Å². The van der Waals surface area contributed by atoms with Gasteiger partial charge in [0.05, 0.1) is 11.2 Å². The smallest absolute Gasteiger partial charge is 0.257 e. The molecule has 5 rings (SSSR count). The minimum atomic E-state index is -0.416. The molecule has 3 heterocycles. The topological polar surface area (TPSA) is 86.9 Å². The Bertz CT molecular complexity index is 1330. The molecule has 31 heavy (non-hydrogen) atoms. The Hall–Kier alpha value is -3.77. The fourth-order valence-electron chi connectivity index (χ4n) is 3.93. The lowest BCUT2D eigenvalue weighted by atomic mass is 9.97. The lowest BCUT2D eigenvalue weighted by Gasteiger charge is -2.17. The van der Waals surface area contributed by atoms with Crippen molar-refractivity contribution in [1.82, 2.24) is 20.6 Å². The molecule has 0 bridgehead atoms. The van der Waals surface area contributed by atoms with Crippen LogP contribution in [0.1, 0.15) is 27.0 Å². The highest BCUT2D eigenvalue weighted by Gasteiger charge is 2.15. The molecule has 6 nitrogen and oxygen atoms in total. The SMILES string of the molecule is O=C(NCc1ccccc1)c1c[nH]c2ccc(-c3ccc4c(c3)CCNC4)nc2c1=O. The lowest BCUT2D eigenvalue weighted by molar-refractivity contribution is 0.0949. The van der Waals surface area contributed by atoms with E-state index >= 15 is 0 Å². The zero-order valence-corrected chi connectivity index (χ0v) is 16.9. The molecule has 4 aromatic rings. The minimum absolute atomic E-state index is 0.0598. The Labute approximate surface area is 179 Å². The zero-order chi connectivity index (χ0) is 21.2. The van der Waals surface area contributed by atoms with E-state index in [0.29, 0.717) is 12.1 Å². The molecule has 1 aliphatic heterocycles. The van der Waals surface area contributed by atoms with Crippen LogP contribution >= 0.6 is 0 Å². The molecule has 0 radical (unpaired) electrons. The number of hydrogen-bond acceptors (Lipinski definition) is 4. The lowest BCUT2D eigenvalue weighted by Crippen LogP contribution is -2.28. The fourth-order valence-corrected chi connectivity index (χ4v) is 3.93. The number of aromatic nitrogens is 2. The van der Waals surface area contributed by atoms with Gasteiger partial charge in [0.15, 0.2) is 0 Å². The van der Waals surface area contributed by atoms with Crippen molar-refractivity contribution in [2.24, 2.45) is 0 Å². The quantitative estimate of drug-likeness (QED) is 0.482. The summed E-state index contributed by atoms with van der Waals surface area (Å²) in [5, 5.41) is 6.18. The third-order valence-corrected chi connectivity index (χ3v) is 5.66. The van der Waals surface area contributed by atoms with Crippen LogP contribution in [0.25, 0.3) is 22.3 Å². The molecule has 0 saturated carbocycles. The van der Waals surface area contributed by atoms with Gasteiger partial charge in [-0.2, -0.15) is 0 Å². The molecule has 0 aliphatic carbocycles. The van der Waals surface area contributed by atoms with Gasteiger partial charge in [-0.3, -0.25) is 9.59 Å². The van der Waals surface area contributed by atoms with E-state index in [1.807, 2.05) is 48.5 Å². The molecule has 0 spiro atoms. The number of amides is 1. The summed E-state index contributed by atoms with van der Waals surface area (Å²) < 4.78 is 0. The highest BCUT2D eigenvalue weighted by Crippen LogP contribution is 2.24. The van der Waals surface area contributed by atoms with Gasteiger partial charge in [0.1, 0.15) is 11.1 Å². The monoisotopic (exact) mass is 410 g/mol. The Balaban J connectivity index is 1.46. The van der Waals surface area contributed by atoms with E-state index in [0.717, 1.165) is 36.3 Å². The highest BCUT2D eigenvalue weighted by molar-refractivity contribution is 5.96. The van der Waals surface area contributed by atoms with Crippen LogP contribution < -0.4 is 16.1 Å². The number of rotatable bonds is 4. The molecule has 2 aromatic carbocycles. The molecule has 0 fully saturated rings. The van der Waals surface area contributed by atoms with Crippen molar-refractivity contribution in [3.8, 4) is 11.3 Å². The minimum Gasteiger partial charge on any atom is -0.359 e. The van der Waals surface area contributed by atoms with Gasteiger partial charge in [-0.1, -0.05) is 42.5 Å². The van der Waals surface area contributed by atoms with Gasteiger partial charge in [0.2, 0.25) is 5.43 Å². The number of benzene rings is 2. The largest absolute Gasteiger partial charge is 0.359 e. The summed E-state index contributed by atoms with van der Waals surface area (Å²) in [6, 6.07) is 19.6. The van der Waals surface area contributed by atoms with E-state index in [1.54, 1.807) is 0 Å². The number of H-pyrrole nitrogens is 1. The molecular formula is C25H22N4O2. The van der Waals surface area contributed by atoms with Crippen LogP contribution in [-0.2, 0) is 19.5 Å². The van der Waals surface area contributed by atoms with E-state index in [-0.39, 0.29) is 16.5 Å². The zero-order valence-electron chi connectivity index (χ0n) is 16.9. The number of carbonyl (C=O) groups is 1. The summed E-state index contributed by atoms with van der Waals surface area (Å²) in [6.07, 6.45) is 2.43. The standard InChI is InChI=1S/C25H22N4O2/c30-24-20(25(31)28-13-16-4-2-1-3-5-16)15-27-22-9-8-21(29-23(22)24)18-6-7-19-14-26-11-10-17(19)12-18/h1-9,12,15,26H,10-11,13-14H2,(H,27,30)(H,28,31). The van der Waals surface area contributed by atoms with Gasteiger partial charge < -0.3 is 15.6 Å². The van der Waals surface area contributed by atoms with E-state index < -0.39 is 5.91 Å². The molecule has 2 aromatic heterocycles. The maximum atomic E-state index is 13.0. The van der Waals surface area contributed by atoms with Gasteiger partial charge in [-0.25, -0.2) is 4.98 Å². The van der Waals surface area contributed by atoms with E-state index in [4.69, 9.17) is 0 Å². The molecule has 0 atom stereocenters. The summed E-state index contributed by atoms with van der Waals surface area (Å²) in [4.78, 5) is 33.3. The first kappa shape index (κ1) is 19.2. The molecule has 0 saturated heterocycles. The average Bonchev–Trinajstić information content (AvgIpc) is 2.83. The van der Waals surface area contributed by atoms with E-state index in [9.17, 15) is 9.59 Å². The number of hydrogen-bond donors (Lipinski definition) is 3. The average molecular weight is 410 g/mol. The molecule has 1 aliphatic rings. The van der Waals surface area contributed by atoms with Gasteiger partial charge in [0, 0.05) is 24.8 Å². The third-order valence-electron chi connectivity index (χ3n) is 5.66. The predicted molar refractivity (Wildman–Crippen MR) is 121 cm³/mol. The van der Waals surface area contributed by atoms with Crippen molar-refractivity contribution < 1.29 is 4.79 Å². The van der Waals surface area contributed by atoms with Crippen LogP contribution in [0.3, 0.4) is 0 Å². The Morgan fingerprint density at radius 2 is 1.90 bits per heavy atom. The van der Waals surface area contributed by atoms with E-state index in [2.05, 4.69) is 32.7 Å². The highest BCUT2D eigenvalue weighted by atomic mass is 16.2. The predicted octanol–water partition coefficient (Wildman–Crippen LogP) is 3.17. The third kappa shape index (κ3) is 3.85. The Kier molecular flexibility index (Phi) is 5.06. The summed E-state index contributed by atoms with van der Waals surface area (Å²) in [5.74, 6) is -0.416. The summed E-state index contributed by atoms with van der Waals surface area (Å²) in [5.41, 5.74) is 5.83. The number of carbonyl (C=O) groups excluding carboxylic acids is 1. The Morgan fingerprint density at radius 1 is 1.03 bits per heavy atom. The van der Waals surface area contributed by atoms with Crippen molar-refractivity contribution >= 4 is 16.9 Å². The number of fused-ring (bicyclic) bond motifs is 2. The van der Waals surface area contributed by atoms with Crippen LogP contribution in [0.15, 0.2) is 71.7 Å². The summed E-state index contributed by atoms with van der Waals surface area (Å²) >= 11 is 0. The van der Waals surface area contributed by atoms with Gasteiger partial charge in [-0.05, 0) is 47.9 Å². The molecular weight excluding hydrogens is 388 g/mol. The second-order valence-corrected chi connectivity index (χ2v) is 7.70. The summed E-state index contributed by atoms with van der Waals surface area (Å²) in [6.45, 7) is 2.19. The van der Waals surface area contributed by atoms with Crippen LogP contribution in [-0.4, -0.2) is 22.4 Å². The normalized spacial score (nSPS) is 13.0. The number of aromatic amines is 1. The first-order chi connectivity index (χ1) is 15.2. The molecule has 3 N–H and O–H groups in total. The van der Waals surface area contributed by atoms with Crippen LogP contribution in [0.2, 0.25) is 0 Å². The van der Waals surface area contributed by atoms with Crippen molar-refractivity contribution in [2.45, 2.75) is 19.5 Å². The van der Waals surface area contributed by atoms with Crippen LogP contribution in [0.5, 0.6) is 0 Å². The first-order valence-electron chi connectivity index (χ1n) is 10.4.